The van der Waals surface area contributed by atoms with E-state index in [1.54, 1.807) is 13.2 Å². The third kappa shape index (κ3) is 3.21. The second-order valence-electron chi connectivity index (χ2n) is 4.89. The first-order valence-corrected chi connectivity index (χ1v) is 6.52. The van der Waals surface area contributed by atoms with E-state index in [1.165, 1.54) is 25.0 Å². The Labute approximate surface area is 108 Å². The van der Waals surface area contributed by atoms with Gasteiger partial charge in [0, 0.05) is 24.2 Å². The van der Waals surface area contributed by atoms with Crippen LogP contribution in [0.2, 0.25) is 0 Å². The number of nitrogens with one attached hydrogen (secondary N) is 1. The first-order valence-electron chi connectivity index (χ1n) is 6.52. The Morgan fingerprint density at radius 1 is 1.39 bits per heavy atom. The minimum Gasteiger partial charge on any atom is -0.496 e. The summed E-state index contributed by atoms with van der Waals surface area (Å²) in [7, 11) is 1.60. The van der Waals surface area contributed by atoms with Crippen molar-refractivity contribution in [3.63, 3.8) is 0 Å². The van der Waals surface area contributed by atoms with Crippen molar-refractivity contribution < 1.29 is 9.13 Å². The fourth-order valence-electron chi connectivity index (χ4n) is 2.54. The second kappa shape index (κ2) is 6.16. The van der Waals surface area contributed by atoms with E-state index in [-0.39, 0.29) is 11.9 Å². The summed E-state index contributed by atoms with van der Waals surface area (Å²) in [6, 6.07) is 5.12. The Balaban J connectivity index is 1.98. The maximum Gasteiger partial charge on any atom is 0.123 e. The van der Waals surface area contributed by atoms with Crippen LogP contribution in [-0.4, -0.2) is 19.2 Å². The van der Waals surface area contributed by atoms with E-state index in [4.69, 9.17) is 10.5 Å². The average Bonchev–Trinajstić information content (AvgIpc) is 2.38. The summed E-state index contributed by atoms with van der Waals surface area (Å²) in [6.45, 7) is 0.597. The molecule has 0 bridgehead atoms. The zero-order valence-corrected chi connectivity index (χ0v) is 10.8. The van der Waals surface area contributed by atoms with Gasteiger partial charge in [0.2, 0.25) is 0 Å². The summed E-state index contributed by atoms with van der Waals surface area (Å²) in [5.74, 6) is 0.480. The van der Waals surface area contributed by atoms with Gasteiger partial charge in [-0.05, 0) is 31.0 Å². The number of halogens is 1. The lowest BCUT2D eigenvalue weighted by molar-refractivity contribution is 0.323. The van der Waals surface area contributed by atoms with Crippen LogP contribution in [0, 0.1) is 5.82 Å². The molecule has 0 spiro atoms. The van der Waals surface area contributed by atoms with Crippen molar-refractivity contribution in [2.45, 2.75) is 44.3 Å². The number of hydrogen-bond donors (Lipinski definition) is 2. The molecule has 1 aliphatic rings. The molecule has 2 rings (SSSR count). The number of methoxy groups -OCH3 is 1. The van der Waals surface area contributed by atoms with Crippen molar-refractivity contribution in [1.82, 2.24) is 5.32 Å². The van der Waals surface area contributed by atoms with Gasteiger partial charge < -0.3 is 15.8 Å². The highest BCUT2D eigenvalue weighted by atomic mass is 19.1. The number of nitrogens with two attached hydrogens (primary N) is 1. The van der Waals surface area contributed by atoms with Gasteiger partial charge in [0.1, 0.15) is 11.6 Å². The van der Waals surface area contributed by atoms with Gasteiger partial charge in [0.25, 0.3) is 0 Å². The molecule has 0 aromatic heterocycles. The number of ether oxygens (including phenoxy) is 1. The minimum atomic E-state index is -0.236. The Hall–Kier alpha value is -1.13. The van der Waals surface area contributed by atoms with Crippen LogP contribution in [0.15, 0.2) is 18.2 Å². The quantitative estimate of drug-likeness (QED) is 0.863. The third-order valence-corrected chi connectivity index (χ3v) is 3.62. The molecule has 2 atom stereocenters. The molecule has 2 unspecified atom stereocenters. The van der Waals surface area contributed by atoms with E-state index in [9.17, 15) is 4.39 Å². The normalized spacial score (nSPS) is 23.9. The van der Waals surface area contributed by atoms with Gasteiger partial charge in [0.15, 0.2) is 0 Å². The van der Waals surface area contributed by atoms with E-state index in [0.717, 1.165) is 18.4 Å². The van der Waals surface area contributed by atoms with E-state index in [0.29, 0.717) is 18.3 Å². The van der Waals surface area contributed by atoms with E-state index in [1.807, 2.05) is 0 Å². The zero-order chi connectivity index (χ0) is 13.0. The molecule has 0 heterocycles. The topological polar surface area (TPSA) is 47.3 Å². The highest BCUT2D eigenvalue weighted by molar-refractivity contribution is 5.33. The van der Waals surface area contributed by atoms with Crippen LogP contribution in [0.4, 0.5) is 4.39 Å². The molecular weight excluding hydrogens is 231 g/mol. The van der Waals surface area contributed by atoms with E-state index in [2.05, 4.69) is 5.32 Å². The van der Waals surface area contributed by atoms with Crippen LogP contribution in [-0.2, 0) is 6.54 Å². The van der Waals surface area contributed by atoms with Crippen molar-refractivity contribution in [2.24, 2.45) is 5.73 Å². The lowest BCUT2D eigenvalue weighted by Crippen LogP contribution is -2.46. The number of hydrogen-bond acceptors (Lipinski definition) is 3. The van der Waals surface area contributed by atoms with Crippen LogP contribution in [0.1, 0.15) is 31.2 Å². The molecule has 1 saturated carbocycles. The van der Waals surface area contributed by atoms with Gasteiger partial charge in [-0.15, -0.1) is 0 Å². The lowest BCUT2D eigenvalue weighted by atomic mass is 9.91. The third-order valence-electron chi connectivity index (χ3n) is 3.62. The second-order valence-corrected chi connectivity index (χ2v) is 4.89. The average molecular weight is 252 g/mol. The molecule has 0 saturated heterocycles. The van der Waals surface area contributed by atoms with Crippen molar-refractivity contribution in [2.75, 3.05) is 7.11 Å². The van der Waals surface area contributed by atoms with Gasteiger partial charge in [-0.2, -0.15) is 0 Å². The minimum absolute atomic E-state index is 0.207. The number of rotatable bonds is 4. The standard InChI is InChI=1S/C14H21FN2O/c1-18-14-7-6-11(15)8-10(14)9-17-13-5-3-2-4-12(13)16/h6-8,12-13,17H,2-5,9,16H2,1H3. The SMILES string of the molecule is COc1ccc(F)cc1CNC1CCCCC1N. The molecular formula is C14H21FN2O. The number of benzene rings is 1. The van der Waals surface area contributed by atoms with E-state index >= 15 is 0 Å². The molecule has 4 heteroatoms. The largest absolute Gasteiger partial charge is 0.496 e. The van der Waals surface area contributed by atoms with Crippen LogP contribution >= 0.6 is 0 Å². The Kier molecular flexibility index (Phi) is 4.55. The Morgan fingerprint density at radius 2 is 2.17 bits per heavy atom. The summed E-state index contributed by atoms with van der Waals surface area (Å²) in [4.78, 5) is 0. The smallest absolute Gasteiger partial charge is 0.123 e. The summed E-state index contributed by atoms with van der Waals surface area (Å²) >= 11 is 0. The van der Waals surface area contributed by atoms with Crippen molar-refractivity contribution in [3.8, 4) is 5.75 Å². The van der Waals surface area contributed by atoms with Crippen molar-refractivity contribution in [1.29, 1.82) is 0 Å². The molecule has 0 radical (unpaired) electrons. The first-order chi connectivity index (χ1) is 8.70. The summed E-state index contributed by atoms with van der Waals surface area (Å²) in [5, 5.41) is 3.42. The summed E-state index contributed by atoms with van der Waals surface area (Å²) in [5.41, 5.74) is 6.92. The maximum absolute atomic E-state index is 13.2. The molecule has 18 heavy (non-hydrogen) atoms. The van der Waals surface area contributed by atoms with Crippen molar-refractivity contribution in [3.05, 3.63) is 29.6 Å². The van der Waals surface area contributed by atoms with Gasteiger partial charge >= 0.3 is 0 Å². The fraction of sp³-hybridized carbons (Fsp3) is 0.571. The van der Waals surface area contributed by atoms with Crippen LogP contribution in [0.25, 0.3) is 0 Å². The Bertz CT molecular complexity index is 397. The highest BCUT2D eigenvalue weighted by Crippen LogP contribution is 2.21. The van der Waals surface area contributed by atoms with Crippen LogP contribution < -0.4 is 15.8 Å². The van der Waals surface area contributed by atoms with Crippen LogP contribution in [0.3, 0.4) is 0 Å². The highest BCUT2D eigenvalue weighted by Gasteiger charge is 2.21. The fourth-order valence-corrected chi connectivity index (χ4v) is 2.54. The van der Waals surface area contributed by atoms with Gasteiger partial charge in [-0.25, -0.2) is 4.39 Å². The van der Waals surface area contributed by atoms with E-state index < -0.39 is 0 Å². The molecule has 3 N–H and O–H groups in total. The monoisotopic (exact) mass is 252 g/mol. The molecule has 3 nitrogen and oxygen atoms in total. The molecule has 1 aliphatic carbocycles. The van der Waals surface area contributed by atoms with Gasteiger partial charge in [-0.3, -0.25) is 0 Å². The van der Waals surface area contributed by atoms with Gasteiger partial charge in [0.05, 0.1) is 7.11 Å². The lowest BCUT2D eigenvalue weighted by Gasteiger charge is -2.29. The molecule has 100 valence electrons. The molecule has 0 amide bonds. The summed E-state index contributed by atoms with van der Waals surface area (Å²) < 4.78 is 18.4. The predicted octanol–water partition coefficient (Wildman–Crippen LogP) is 2.19. The van der Waals surface area contributed by atoms with Gasteiger partial charge in [-0.1, -0.05) is 12.8 Å². The molecule has 0 aliphatic heterocycles. The summed E-state index contributed by atoms with van der Waals surface area (Å²) in [6.07, 6.45) is 4.59. The van der Waals surface area contributed by atoms with Crippen LogP contribution in [0.5, 0.6) is 5.75 Å². The first kappa shape index (κ1) is 13.3. The Morgan fingerprint density at radius 3 is 2.89 bits per heavy atom. The molecule has 1 aromatic carbocycles. The zero-order valence-electron chi connectivity index (χ0n) is 10.8. The predicted molar refractivity (Wildman–Crippen MR) is 70.0 cm³/mol. The molecule has 1 fully saturated rings. The molecule has 1 aromatic rings. The maximum atomic E-state index is 13.2. The van der Waals surface area contributed by atoms with Crippen molar-refractivity contribution >= 4 is 0 Å².